The highest BCUT2D eigenvalue weighted by molar-refractivity contribution is 5.37. The van der Waals surface area contributed by atoms with Crippen molar-refractivity contribution in [2.45, 2.75) is 50.2 Å². The summed E-state index contributed by atoms with van der Waals surface area (Å²) in [5.74, 6) is 1.05. The predicted molar refractivity (Wildman–Crippen MR) is 72.7 cm³/mol. The van der Waals surface area contributed by atoms with Crippen molar-refractivity contribution in [2.24, 2.45) is 5.73 Å². The third-order valence-electron chi connectivity index (χ3n) is 4.17. The molecule has 1 fully saturated rings. The van der Waals surface area contributed by atoms with Gasteiger partial charge in [0.25, 0.3) is 0 Å². The second kappa shape index (κ2) is 5.29. The summed E-state index contributed by atoms with van der Waals surface area (Å²) in [6.45, 7) is 0.820. The largest absolute Gasteiger partial charge is 0.493 e. The van der Waals surface area contributed by atoms with Crippen molar-refractivity contribution in [3.05, 3.63) is 29.8 Å². The quantitative estimate of drug-likeness (QED) is 0.842. The van der Waals surface area contributed by atoms with E-state index in [4.69, 9.17) is 10.5 Å². The highest BCUT2D eigenvalue weighted by atomic mass is 16.5. The van der Waals surface area contributed by atoms with E-state index in [-0.39, 0.29) is 0 Å². The van der Waals surface area contributed by atoms with Crippen molar-refractivity contribution < 1.29 is 4.74 Å². The third kappa shape index (κ3) is 2.52. The van der Waals surface area contributed by atoms with Crippen molar-refractivity contribution in [3.63, 3.8) is 0 Å². The minimum absolute atomic E-state index is 0.421. The lowest BCUT2D eigenvalue weighted by molar-refractivity contribution is 0.229. The number of nitrogens with two attached hydrogens (primary N) is 1. The molecule has 3 N–H and O–H groups in total. The Morgan fingerprint density at radius 1 is 1.06 bits per heavy atom. The summed E-state index contributed by atoms with van der Waals surface area (Å²) in [4.78, 5) is 0. The molecule has 1 atom stereocenters. The van der Waals surface area contributed by atoms with E-state index >= 15 is 0 Å². The van der Waals surface area contributed by atoms with Gasteiger partial charge in [-0.05, 0) is 31.7 Å². The van der Waals surface area contributed by atoms with Crippen molar-refractivity contribution in [3.8, 4) is 5.75 Å². The van der Waals surface area contributed by atoms with E-state index in [2.05, 4.69) is 23.5 Å². The SMILES string of the molecule is NC1CCC(NC2CCOc3ccccc32)CC1. The number of hydrogen-bond donors (Lipinski definition) is 2. The summed E-state index contributed by atoms with van der Waals surface area (Å²) < 4.78 is 5.70. The highest BCUT2D eigenvalue weighted by Gasteiger charge is 2.25. The Balaban J connectivity index is 1.67. The Morgan fingerprint density at radius 3 is 2.67 bits per heavy atom. The predicted octanol–water partition coefficient (Wildman–Crippen LogP) is 2.37. The zero-order valence-electron chi connectivity index (χ0n) is 10.8. The molecule has 0 bridgehead atoms. The van der Waals surface area contributed by atoms with Crippen molar-refractivity contribution in [1.29, 1.82) is 0 Å². The van der Waals surface area contributed by atoms with Gasteiger partial charge in [-0.15, -0.1) is 0 Å². The fourth-order valence-electron chi connectivity index (χ4n) is 3.09. The molecular weight excluding hydrogens is 224 g/mol. The summed E-state index contributed by atoms with van der Waals surface area (Å²) in [6.07, 6.45) is 5.80. The molecule has 0 radical (unpaired) electrons. The maximum absolute atomic E-state index is 5.96. The second-order valence-electron chi connectivity index (χ2n) is 5.51. The van der Waals surface area contributed by atoms with Crippen LogP contribution in [0.25, 0.3) is 0 Å². The number of nitrogens with one attached hydrogen (secondary N) is 1. The summed E-state index contributed by atoms with van der Waals surface area (Å²) in [5, 5.41) is 3.80. The molecule has 1 aliphatic carbocycles. The lowest BCUT2D eigenvalue weighted by Crippen LogP contribution is -2.40. The summed E-state index contributed by atoms with van der Waals surface area (Å²) >= 11 is 0. The van der Waals surface area contributed by atoms with Crippen LogP contribution in [0.15, 0.2) is 24.3 Å². The van der Waals surface area contributed by atoms with Crippen LogP contribution in [0.3, 0.4) is 0 Å². The molecule has 1 aromatic carbocycles. The molecule has 1 aliphatic heterocycles. The van der Waals surface area contributed by atoms with Gasteiger partial charge in [0.15, 0.2) is 0 Å². The number of ether oxygens (including phenoxy) is 1. The first kappa shape index (κ1) is 12.0. The van der Waals surface area contributed by atoms with Crippen LogP contribution in [0.2, 0.25) is 0 Å². The summed E-state index contributed by atoms with van der Waals surface area (Å²) in [7, 11) is 0. The van der Waals surface area contributed by atoms with Crippen molar-refractivity contribution in [2.75, 3.05) is 6.61 Å². The second-order valence-corrected chi connectivity index (χ2v) is 5.51. The molecule has 0 amide bonds. The number of fused-ring (bicyclic) bond motifs is 1. The lowest BCUT2D eigenvalue weighted by Gasteiger charge is -2.33. The molecule has 1 saturated carbocycles. The number of hydrogen-bond acceptors (Lipinski definition) is 3. The minimum Gasteiger partial charge on any atom is -0.493 e. The van der Waals surface area contributed by atoms with Crippen LogP contribution in [0.4, 0.5) is 0 Å². The van der Waals surface area contributed by atoms with E-state index in [0.29, 0.717) is 18.1 Å². The van der Waals surface area contributed by atoms with Crippen molar-refractivity contribution in [1.82, 2.24) is 5.32 Å². The maximum atomic E-state index is 5.96. The van der Waals surface area contributed by atoms with Crippen molar-refractivity contribution >= 4 is 0 Å². The first-order valence-electron chi connectivity index (χ1n) is 7.06. The van der Waals surface area contributed by atoms with Crippen LogP contribution in [0.5, 0.6) is 5.75 Å². The van der Waals surface area contributed by atoms with Crippen LogP contribution in [-0.2, 0) is 0 Å². The Kier molecular flexibility index (Phi) is 3.52. The molecule has 3 rings (SSSR count). The molecular formula is C15H22N2O. The van der Waals surface area contributed by atoms with Gasteiger partial charge in [0.05, 0.1) is 6.61 Å². The minimum atomic E-state index is 0.421. The molecule has 2 aliphatic rings. The average Bonchev–Trinajstić information content (AvgIpc) is 2.42. The summed E-state index contributed by atoms with van der Waals surface area (Å²) in [6, 6.07) is 9.89. The van der Waals surface area contributed by atoms with E-state index in [1.54, 1.807) is 0 Å². The van der Waals surface area contributed by atoms with E-state index in [9.17, 15) is 0 Å². The molecule has 3 heteroatoms. The lowest BCUT2D eigenvalue weighted by atomic mass is 9.90. The summed E-state index contributed by atoms with van der Waals surface area (Å²) in [5.41, 5.74) is 7.28. The molecule has 1 unspecified atom stereocenters. The van der Waals surface area contributed by atoms with Gasteiger partial charge in [-0.3, -0.25) is 0 Å². The van der Waals surface area contributed by atoms with Gasteiger partial charge in [-0.25, -0.2) is 0 Å². The standard InChI is InChI=1S/C15H22N2O/c16-11-5-7-12(8-6-11)17-14-9-10-18-15-4-2-1-3-13(14)15/h1-4,11-12,14,17H,5-10,16H2. The molecule has 0 saturated heterocycles. The van der Waals surface area contributed by atoms with Gasteiger partial charge in [0, 0.05) is 30.1 Å². The van der Waals surface area contributed by atoms with Crippen LogP contribution < -0.4 is 15.8 Å². The molecule has 98 valence electrons. The zero-order chi connectivity index (χ0) is 12.4. The smallest absolute Gasteiger partial charge is 0.124 e. The topological polar surface area (TPSA) is 47.3 Å². The first-order chi connectivity index (χ1) is 8.83. The van der Waals surface area contributed by atoms with E-state index in [1.807, 2.05) is 6.07 Å². The van der Waals surface area contributed by atoms with Gasteiger partial charge in [0.2, 0.25) is 0 Å². The van der Waals surface area contributed by atoms with Gasteiger partial charge < -0.3 is 15.8 Å². The number of rotatable bonds is 2. The van der Waals surface area contributed by atoms with Crippen LogP contribution in [-0.4, -0.2) is 18.7 Å². The van der Waals surface area contributed by atoms with Crippen LogP contribution >= 0.6 is 0 Å². The fraction of sp³-hybridized carbons (Fsp3) is 0.600. The average molecular weight is 246 g/mol. The molecule has 1 heterocycles. The molecule has 0 spiro atoms. The maximum Gasteiger partial charge on any atom is 0.124 e. The number of benzene rings is 1. The van der Waals surface area contributed by atoms with Gasteiger partial charge >= 0.3 is 0 Å². The number of para-hydroxylation sites is 1. The molecule has 3 nitrogen and oxygen atoms in total. The van der Waals surface area contributed by atoms with E-state index in [0.717, 1.165) is 31.6 Å². The third-order valence-corrected chi connectivity index (χ3v) is 4.17. The monoisotopic (exact) mass is 246 g/mol. The Morgan fingerprint density at radius 2 is 1.83 bits per heavy atom. The van der Waals surface area contributed by atoms with Gasteiger partial charge in [0.1, 0.15) is 5.75 Å². The first-order valence-corrected chi connectivity index (χ1v) is 7.06. The fourth-order valence-corrected chi connectivity index (χ4v) is 3.09. The normalized spacial score (nSPS) is 31.5. The Labute approximate surface area is 109 Å². The van der Waals surface area contributed by atoms with Crippen LogP contribution in [0, 0.1) is 0 Å². The molecule has 0 aromatic heterocycles. The molecule has 18 heavy (non-hydrogen) atoms. The molecule has 1 aromatic rings. The van der Waals surface area contributed by atoms with Gasteiger partial charge in [-0.2, -0.15) is 0 Å². The van der Waals surface area contributed by atoms with E-state index < -0.39 is 0 Å². The van der Waals surface area contributed by atoms with Crippen LogP contribution in [0.1, 0.15) is 43.7 Å². The zero-order valence-corrected chi connectivity index (χ0v) is 10.8. The Bertz CT molecular complexity index is 399. The Hall–Kier alpha value is -1.06. The van der Waals surface area contributed by atoms with Gasteiger partial charge in [-0.1, -0.05) is 18.2 Å². The highest BCUT2D eigenvalue weighted by Crippen LogP contribution is 2.33. The van der Waals surface area contributed by atoms with E-state index in [1.165, 1.54) is 18.4 Å².